The molecule has 0 fully saturated rings. The molecule has 4 nitrogen and oxygen atoms in total. The fraction of sp³-hybridized carbons (Fsp3) is 0.529. The standard InChI is InChI=1S/C17H22O4/c1-9-8-10-6-7-11(9)13-12(10)14(18-2)16(20-4)17(21-5)15(13)19-3/h8,10-11H,6-7H2,1-5H3/t10-,11-/m0/s1. The van der Waals surface area contributed by atoms with E-state index in [2.05, 4.69) is 13.0 Å². The van der Waals surface area contributed by atoms with Crippen LogP contribution in [0.2, 0.25) is 0 Å². The van der Waals surface area contributed by atoms with Gasteiger partial charge in [0.25, 0.3) is 0 Å². The van der Waals surface area contributed by atoms with Crippen LogP contribution in [0.5, 0.6) is 23.0 Å². The van der Waals surface area contributed by atoms with Gasteiger partial charge in [-0.15, -0.1) is 0 Å². The minimum Gasteiger partial charge on any atom is -0.492 e. The molecule has 1 aromatic carbocycles. The molecule has 4 heteroatoms. The van der Waals surface area contributed by atoms with Gasteiger partial charge in [-0.3, -0.25) is 0 Å². The number of hydrogen-bond donors (Lipinski definition) is 0. The first-order chi connectivity index (χ1) is 10.2. The number of rotatable bonds is 4. The molecule has 3 aliphatic carbocycles. The molecule has 2 bridgehead atoms. The highest BCUT2D eigenvalue weighted by Crippen LogP contribution is 2.60. The van der Waals surface area contributed by atoms with Gasteiger partial charge in [0, 0.05) is 23.0 Å². The smallest absolute Gasteiger partial charge is 0.207 e. The molecule has 1 aromatic rings. The van der Waals surface area contributed by atoms with Crippen molar-refractivity contribution in [1.29, 1.82) is 0 Å². The Kier molecular flexibility index (Phi) is 3.47. The van der Waals surface area contributed by atoms with Gasteiger partial charge < -0.3 is 18.9 Å². The van der Waals surface area contributed by atoms with E-state index in [4.69, 9.17) is 18.9 Å². The van der Waals surface area contributed by atoms with Crippen LogP contribution in [-0.4, -0.2) is 28.4 Å². The lowest BCUT2D eigenvalue weighted by Crippen LogP contribution is -2.22. The Bertz CT molecular complexity index is 604. The molecule has 0 aromatic heterocycles. The summed E-state index contributed by atoms with van der Waals surface area (Å²) in [6, 6.07) is 0. The second-order valence-corrected chi connectivity index (χ2v) is 5.61. The van der Waals surface area contributed by atoms with Crippen LogP contribution in [0.25, 0.3) is 0 Å². The molecule has 114 valence electrons. The second-order valence-electron chi connectivity index (χ2n) is 5.61. The zero-order chi connectivity index (χ0) is 15.1. The van der Waals surface area contributed by atoms with Crippen molar-refractivity contribution in [2.45, 2.75) is 31.6 Å². The molecule has 0 unspecified atom stereocenters. The molecule has 0 aliphatic heterocycles. The van der Waals surface area contributed by atoms with Gasteiger partial charge >= 0.3 is 0 Å². The molecule has 0 N–H and O–H groups in total. The SMILES string of the molecule is COc1c(OC)c(OC)c2c(c1OC)[C@@H]1C=C(C)[C@@H]2CC1. The van der Waals surface area contributed by atoms with Crippen molar-refractivity contribution in [3.05, 3.63) is 22.8 Å². The van der Waals surface area contributed by atoms with Crippen LogP contribution in [0.3, 0.4) is 0 Å². The molecule has 2 atom stereocenters. The fourth-order valence-electron chi connectivity index (χ4n) is 3.88. The summed E-state index contributed by atoms with van der Waals surface area (Å²) in [5, 5.41) is 0. The van der Waals surface area contributed by atoms with Crippen molar-refractivity contribution in [3.8, 4) is 23.0 Å². The van der Waals surface area contributed by atoms with Gasteiger partial charge in [0.15, 0.2) is 11.5 Å². The van der Waals surface area contributed by atoms with Crippen LogP contribution in [0.1, 0.15) is 42.7 Å². The van der Waals surface area contributed by atoms with E-state index in [9.17, 15) is 0 Å². The number of methoxy groups -OCH3 is 4. The van der Waals surface area contributed by atoms with Crippen molar-refractivity contribution in [2.24, 2.45) is 0 Å². The summed E-state index contributed by atoms with van der Waals surface area (Å²) in [4.78, 5) is 0. The molecule has 3 aliphatic rings. The minimum absolute atomic E-state index is 0.369. The van der Waals surface area contributed by atoms with Crippen LogP contribution < -0.4 is 18.9 Å². The molecule has 0 heterocycles. The highest BCUT2D eigenvalue weighted by atomic mass is 16.5. The van der Waals surface area contributed by atoms with E-state index in [1.165, 1.54) is 16.7 Å². The number of allylic oxidation sites excluding steroid dienone is 2. The predicted molar refractivity (Wildman–Crippen MR) is 81.1 cm³/mol. The maximum absolute atomic E-state index is 5.69. The van der Waals surface area contributed by atoms with Crippen molar-refractivity contribution >= 4 is 0 Å². The Morgan fingerprint density at radius 3 is 1.76 bits per heavy atom. The summed E-state index contributed by atoms with van der Waals surface area (Å²) in [5.41, 5.74) is 3.82. The highest BCUT2D eigenvalue weighted by molar-refractivity contribution is 5.72. The Labute approximate surface area is 125 Å². The predicted octanol–water partition coefficient (Wildman–Crippen LogP) is 3.64. The van der Waals surface area contributed by atoms with E-state index >= 15 is 0 Å². The van der Waals surface area contributed by atoms with Crippen molar-refractivity contribution < 1.29 is 18.9 Å². The third kappa shape index (κ3) is 1.81. The van der Waals surface area contributed by atoms with Gasteiger partial charge in [-0.25, -0.2) is 0 Å². The van der Waals surface area contributed by atoms with E-state index in [-0.39, 0.29) is 0 Å². The molecular weight excluding hydrogens is 268 g/mol. The molecule has 21 heavy (non-hydrogen) atoms. The third-order valence-electron chi connectivity index (χ3n) is 4.71. The van der Waals surface area contributed by atoms with E-state index in [0.29, 0.717) is 23.3 Å². The number of fused-ring (bicyclic) bond motifs is 1. The largest absolute Gasteiger partial charge is 0.492 e. The summed E-state index contributed by atoms with van der Waals surface area (Å²) in [5.74, 6) is 3.56. The van der Waals surface area contributed by atoms with Crippen LogP contribution in [-0.2, 0) is 0 Å². The Morgan fingerprint density at radius 1 is 0.762 bits per heavy atom. The number of hydrogen-bond acceptors (Lipinski definition) is 4. The molecule has 0 spiro atoms. The number of benzene rings is 1. The van der Waals surface area contributed by atoms with Crippen LogP contribution in [0, 0.1) is 0 Å². The van der Waals surface area contributed by atoms with Crippen molar-refractivity contribution in [1.82, 2.24) is 0 Å². The normalized spacial score (nSPS) is 22.4. The number of ether oxygens (including phenoxy) is 4. The zero-order valence-electron chi connectivity index (χ0n) is 13.3. The summed E-state index contributed by atoms with van der Waals surface area (Å²) in [6.07, 6.45) is 4.64. The molecule has 4 rings (SSSR count). The van der Waals surface area contributed by atoms with Gasteiger partial charge in [0.05, 0.1) is 28.4 Å². The van der Waals surface area contributed by atoms with Gasteiger partial charge in [0.1, 0.15) is 0 Å². The lowest BCUT2D eigenvalue weighted by molar-refractivity contribution is 0.295. The van der Waals surface area contributed by atoms with Gasteiger partial charge in [0.2, 0.25) is 11.5 Å². The quantitative estimate of drug-likeness (QED) is 0.793. The summed E-state index contributed by atoms with van der Waals surface area (Å²) >= 11 is 0. The lowest BCUT2D eigenvalue weighted by Gasteiger charge is -2.39. The van der Waals surface area contributed by atoms with E-state index in [1.54, 1.807) is 28.4 Å². The van der Waals surface area contributed by atoms with Gasteiger partial charge in [-0.05, 0) is 19.8 Å². The van der Waals surface area contributed by atoms with Crippen LogP contribution in [0.15, 0.2) is 11.6 Å². The lowest BCUT2D eigenvalue weighted by atomic mass is 9.67. The fourth-order valence-corrected chi connectivity index (χ4v) is 3.88. The highest BCUT2D eigenvalue weighted by Gasteiger charge is 2.40. The minimum atomic E-state index is 0.369. The molecule has 0 saturated carbocycles. The average molecular weight is 290 g/mol. The monoisotopic (exact) mass is 290 g/mol. The maximum atomic E-state index is 5.69. The second kappa shape index (κ2) is 5.17. The summed E-state index contributed by atoms with van der Waals surface area (Å²) in [6.45, 7) is 2.20. The molecular formula is C17H22O4. The van der Waals surface area contributed by atoms with Crippen molar-refractivity contribution in [2.75, 3.05) is 28.4 Å². The first-order valence-electron chi connectivity index (χ1n) is 7.25. The first kappa shape index (κ1) is 14.1. The topological polar surface area (TPSA) is 36.9 Å². The van der Waals surface area contributed by atoms with Crippen LogP contribution >= 0.6 is 0 Å². The third-order valence-corrected chi connectivity index (χ3v) is 4.71. The maximum Gasteiger partial charge on any atom is 0.207 e. The Morgan fingerprint density at radius 2 is 1.29 bits per heavy atom. The summed E-state index contributed by atoms with van der Waals surface area (Å²) < 4.78 is 22.5. The molecule has 0 radical (unpaired) electrons. The molecule has 0 saturated heterocycles. The first-order valence-corrected chi connectivity index (χ1v) is 7.25. The average Bonchev–Trinajstić information content (AvgIpc) is 2.52. The van der Waals surface area contributed by atoms with Crippen molar-refractivity contribution in [3.63, 3.8) is 0 Å². The van der Waals surface area contributed by atoms with Gasteiger partial charge in [-0.2, -0.15) is 0 Å². The van der Waals surface area contributed by atoms with E-state index in [0.717, 1.165) is 24.3 Å². The van der Waals surface area contributed by atoms with Crippen LogP contribution in [0.4, 0.5) is 0 Å². The zero-order valence-corrected chi connectivity index (χ0v) is 13.3. The Balaban J connectivity index is 2.37. The van der Waals surface area contributed by atoms with Gasteiger partial charge in [-0.1, -0.05) is 11.6 Å². The van der Waals surface area contributed by atoms with E-state index in [1.807, 2.05) is 0 Å². The Hall–Kier alpha value is -1.84. The molecule has 0 amide bonds. The summed E-state index contributed by atoms with van der Waals surface area (Å²) in [7, 11) is 6.64. The van der Waals surface area contributed by atoms with E-state index < -0.39 is 0 Å².